The Morgan fingerprint density at radius 1 is 1.33 bits per heavy atom. The molecule has 0 saturated carbocycles. The van der Waals surface area contributed by atoms with E-state index in [1.165, 1.54) is 0 Å². The van der Waals surface area contributed by atoms with Gasteiger partial charge in [0.2, 0.25) is 0 Å². The highest BCUT2D eigenvalue weighted by Crippen LogP contribution is 2.33. The zero-order chi connectivity index (χ0) is 14.8. The summed E-state index contributed by atoms with van der Waals surface area (Å²) in [6.45, 7) is 1.26. The van der Waals surface area contributed by atoms with Gasteiger partial charge in [0.05, 0.1) is 17.9 Å². The van der Waals surface area contributed by atoms with Crippen LogP contribution >= 0.6 is 27.5 Å². The average molecular weight is 364 g/mol. The molecule has 0 unspecified atom stereocenters. The van der Waals surface area contributed by atoms with Crippen LogP contribution in [0.5, 0.6) is 5.75 Å². The van der Waals surface area contributed by atoms with Gasteiger partial charge in [-0.05, 0) is 35.9 Å². The van der Waals surface area contributed by atoms with Crippen LogP contribution in [0.15, 0.2) is 34.8 Å². The normalized spacial score (nSPS) is 12.4. The van der Waals surface area contributed by atoms with Crippen molar-refractivity contribution >= 4 is 33.2 Å². The van der Waals surface area contributed by atoms with Gasteiger partial charge in [0, 0.05) is 28.0 Å². The summed E-state index contributed by atoms with van der Waals surface area (Å²) in [5.74, 6) is 0.917. The molecule has 0 bridgehead atoms. The smallest absolute Gasteiger partial charge is 0.127 e. The van der Waals surface area contributed by atoms with Crippen molar-refractivity contribution in [2.24, 2.45) is 0 Å². The quantitative estimate of drug-likeness (QED) is 0.872. The Morgan fingerprint density at radius 2 is 2.19 bits per heavy atom. The molecule has 0 radical (unpaired) electrons. The molecule has 3 nitrogen and oxygen atoms in total. The van der Waals surface area contributed by atoms with Crippen LogP contribution in [-0.2, 0) is 13.0 Å². The van der Waals surface area contributed by atoms with Crippen molar-refractivity contribution in [3.8, 4) is 11.8 Å². The van der Waals surface area contributed by atoms with Crippen molar-refractivity contribution in [2.75, 3.05) is 11.9 Å². The van der Waals surface area contributed by atoms with Gasteiger partial charge in [0.25, 0.3) is 0 Å². The number of rotatable bonds is 3. The van der Waals surface area contributed by atoms with E-state index in [-0.39, 0.29) is 0 Å². The summed E-state index contributed by atoms with van der Waals surface area (Å²) in [6.07, 6.45) is 0.892. The Morgan fingerprint density at radius 3 is 3.00 bits per heavy atom. The molecule has 0 aromatic heterocycles. The summed E-state index contributed by atoms with van der Waals surface area (Å²) in [4.78, 5) is 0. The van der Waals surface area contributed by atoms with E-state index < -0.39 is 0 Å². The third-order valence-electron chi connectivity index (χ3n) is 3.40. The lowest BCUT2D eigenvalue weighted by Gasteiger charge is -2.12. The maximum absolute atomic E-state index is 9.15. The maximum atomic E-state index is 9.15. The van der Waals surface area contributed by atoms with Crippen LogP contribution in [0.4, 0.5) is 5.69 Å². The molecule has 1 aliphatic rings. The number of halogens is 2. The van der Waals surface area contributed by atoms with Crippen molar-refractivity contribution < 1.29 is 4.74 Å². The van der Waals surface area contributed by atoms with Crippen LogP contribution in [0.2, 0.25) is 5.02 Å². The van der Waals surface area contributed by atoms with Gasteiger partial charge in [0.15, 0.2) is 0 Å². The van der Waals surface area contributed by atoms with E-state index in [1.54, 1.807) is 6.07 Å². The first-order valence-electron chi connectivity index (χ1n) is 6.55. The number of nitriles is 1. The van der Waals surface area contributed by atoms with Gasteiger partial charge in [-0.15, -0.1) is 0 Å². The minimum absolute atomic E-state index is 0.564. The standard InChI is InChI=1S/C16H12BrClN2O/c17-13-2-1-11(8-19)15(7-13)20-9-12-6-14(18)5-10-3-4-21-16(10)12/h1-2,5-7,20H,3-4,9H2. The zero-order valence-electron chi connectivity index (χ0n) is 11.1. The third kappa shape index (κ3) is 2.99. The molecule has 3 rings (SSSR count). The van der Waals surface area contributed by atoms with Gasteiger partial charge in [0.1, 0.15) is 11.8 Å². The Bertz CT molecular complexity index is 740. The number of hydrogen-bond acceptors (Lipinski definition) is 3. The molecule has 2 aromatic carbocycles. The molecular weight excluding hydrogens is 352 g/mol. The Hall–Kier alpha value is -1.70. The SMILES string of the molecule is N#Cc1ccc(Br)cc1NCc1cc(Cl)cc2c1OCC2. The number of nitrogens with one attached hydrogen (secondary N) is 1. The minimum Gasteiger partial charge on any atom is -0.493 e. The summed E-state index contributed by atoms with van der Waals surface area (Å²) in [5.41, 5.74) is 3.56. The average Bonchev–Trinajstić information content (AvgIpc) is 2.93. The second-order valence-corrected chi connectivity index (χ2v) is 6.16. The topological polar surface area (TPSA) is 45.0 Å². The number of anilines is 1. The molecule has 0 aliphatic carbocycles. The minimum atomic E-state index is 0.564. The first-order valence-corrected chi connectivity index (χ1v) is 7.72. The molecule has 1 N–H and O–H groups in total. The molecule has 0 saturated heterocycles. The van der Waals surface area contributed by atoms with E-state index in [0.717, 1.165) is 33.5 Å². The van der Waals surface area contributed by atoms with Gasteiger partial charge in [-0.3, -0.25) is 0 Å². The first-order chi connectivity index (χ1) is 10.2. The van der Waals surface area contributed by atoms with Crippen LogP contribution in [0.3, 0.4) is 0 Å². The Kier molecular flexibility index (Phi) is 4.05. The number of nitrogens with zero attached hydrogens (tertiary/aromatic N) is 1. The second-order valence-electron chi connectivity index (χ2n) is 4.81. The van der Waals surface area contributed by atoms with Gasteiger partial charge < -0.3 is 10.1 Å². The molecule has 2 aromatic rings. The maximum Gasteiger partial charge on any atom is 0.127 e. The van der Waals surface area contributed by atoms with Crippen LogP contribution in [0.25, 0.3) is 0 Å². The van der Waals surface area contributed by atoms with Crippen molar-refractivity contribution in [3.05, 3.63) is 56.5 Å². The summed E-state index contributed by atoms with van der Waals surface area (Å²) in [7, 11) is 0. The Balaban J connectivity index is 1.86. The molecule has 21 heavy (non-hydrogen) atoms. The van der Waals surface area contributed by atoms with E-state index >= 15 is 0 Å². The Labute approximate surface area is 136 Å². The highest BCUT2D eigenvalue weighted by Gasteiger charge is 2.17. The molecule has 0 amide bonds. The lowest BCUT2D eigenvalue weighted by atomic mass is 10.1. The van der Waals surface area contributed by atoms with Gasteiger partial charge in [-0.25, -0.2) is 0 Å². The first kappa shape index (κ1) is 14.2. The molecule has 0 atom stereocenters. The number of hydrogen-bond donors (Lipinski definition) is 1. The molecule has 1 heterocycles. The van der Waals surface area contributed by atoms with Gasteiger partial charge in [-0.2, -0.15) is 5.26 Å². The predicted molar refractivity (Wildman–Crippen MR) is 86.8 cm³/mol. The van der Waals surface area contributed by atoms with E-state index in [0.29, 0.717) is 23.7 Å². The summed E-state index contributed by atoms with van der Waals surface area (Å²) < 4.78 is 6.61. The van der Waals surface area contributed by atoms with Crippen molar-refractivity contribution in [2.45, 2.75) is 13.0 Å². The summed E-state index contributed by atoms with van der Waals surface area (Å²) >= 11 is 9.57. The largest absolute Gasteiger partial charge is 0.493 e. The molecule has 1 aliphatic heterocycles. The van der Waals surface area contributed by atoms with Crippen LogP contribution < -0.4 is 10.1 Å². The summed E-state index contributed by atoms with van der Waals surface area (Å²) in [6, 6.07) is 11.6. The van der Waals surface area contributed by atoms with Crippen LogP contribution in [0, 0.1) is 11.3 Å². The molecule has 5 heteroatoms. The number of fused-ring (bicyclic) bond motifs is 1. The molecule has 0 fully saturated rings. The van der Waals surface area contributed by atoms with E-state index in [9.17, 15) is 0 Å². The number of benzene rings is 2. The lowest BCUT2D eigenvalue weighted by Crippen LogP contribution is -2.03. The lowest BCUT2D eigenvalue weighted by molar-refractivity contribution is 0.354. The van der Waals surface area contributed by atoms with Gasteiger partial charge in [-0.1, -0.05) is 27.5 Å². The van der Waals surface area contributed by atoms with Crippen molar-refractivity contribution in [3.63, 3.8) is 0 Å². The highest BCUT2D eigenvalue weighted by molar-refractivity contribution is 9.10. The van der Waals surface area contributed by atoms with Crippen molar-refractivity contribution in [1.82, 2.24) is 0 Å². The van der Waals surface area contributed by atoms with E-state index in [4.69, 9.17) is 21.6 Å². The van der Waals surface area contributed by atoms with Gasteiger partial charge >= 0.3 is 0 Å². The summed E-state index contributed by atoms with van der Waals surface area (Å²) in [5, 5.41) is 13.2. The number of ether oxygens (including phenoxy) is 1. The van der Waals surface area contributed by atoms with Crippen molar-refractivity contribution in [1.29, 1.82) is 5.26 Å². The monoisotopic (exact) mass is 362 g/mol. The molecule has 106 valence electrons. The fraction of sp³-hybridized carbons (Fsp3) is 0.188. The fourth-order valence-electron chi connectivity index (χ4n) is 2.43. The second kappa shape index (κ2) is 5.97. The predicted octanol–water partition coefficient (Wildman–Crippen LogP) is 4.52. The third-order valence-corrected chi connectivity index (χ3v) is 4.11. The van der Waals surface area contributed by atoms with Crippen LogP contribution in [0.1, 0.15) is 16.7 Å². The van der Waals surface area contributed by atoms with Crippen LogP contribution in [-0.4, -0.2) is 6.61 Å². The zero-order valence-corrected chi connectivity index (χ0v) is 13.5. The van der Waals surface area contributed by atoms with E-state index in [2.05, 4.69) is 27.3 Å². The fourth-order valence-corrected chi connectivity index (χ4v) is 3.05. The highest BCUT2D eigenvalue weighted by atomic mass is 79.9. The molecular formula is C16H12BrClN2O. The molecule has 0 spiro atoms. The van der Waals surface area contributed by atoms with E-state index in [1.807, 2.05) is 24.3 Å².